The Morgan fingerprint density at radius 2 is 1.62 bits per heavy atom. The minimum atomic E-state index is -5.17. The third kappa shape index (κ3) is 6.22. The van der Waals surface area contributed by atoms with Gasteiger partial charge in [-0.25, -0.2) is 4.18 Å². The van der Waals surface area contributed by atoms with Gasteiger partial charge in [0.25, 0.3) is 0 Å². The standard InChI is InChI=1S/C12H24O12S2/c13-1-5(15)10(19)11(20)12(24-26(21,22)23)7(17)4-25-3-6(16)9(18)8(25)2-14/h5-20H,1-4H2/p+1/t5-,6-,7-,8-,9+,10-,11-,12-,25+/m1/s1. The van der Waals surface area contributed by atoms with E-state index in [1.165, 1.54) is 0 Å². The molecular formula is C12H25O12S2+. The molecule has 1 aliphatic rings. The Morgan fingerprint density at radius 1 is 1.04 bits per heavy atom. The first kappa shape index (κ1) is 23.9. The topological polar surface area (TPSA) is 225 Å². The smallest absolute Gasteiger partial charge is 0.394 e. The van der Waals surface area contributed by atoms with Crippen molar-refractivity contribution >= 4 is 21.3 Å². The van der Waals surface area contributed by atoms with Gasteiger partial charge < -0.3 is 40.9 Å². The number of rotatable bonds is 10. The molecular weight excluding hydrogens is 400 g/mol. The molecule has 14 heteroatoms. The molecule has 12 nitrogen and oxygen atoms in total. The highest BCUT2D eigenvalue weighted by molar-refractivity contribution is 7.97. The lowest BCUT2D eigenvalue weighted by molar-refractivity contribution is -0.129. The van der Waals surface area contributed by atoms with E-state index in [2.05, 4.69) is 4.18 Å². The summed E-state index contributed by atoms with van der Waals surface area (Å²) >= 11 is 0. The lowest BCUT2D eigenvalue weighted by atomic mass is 10.0. The second kappa shape index (κ2) is 9.90. The maximum Gasteiger partial charge on any atom is 0.397 e. The van der Waals surface area contributed by atoms with Gasteiger partial charge in [0.15, 0.2) is 5.25 Å². The Hall–Kier alpha value is -0.100. The van der Waals surface area contributed by atoms with E-state index >= 15 is 0 Å². The zero-order valence-electron chi connectivity index (χ0n) is 13.5. The van der Waals surface area contributed by atoms with Gasteiger partial charge in [-0.3, -0.25) is 4.55 Å². The summed E-state index contributed by atoms with van der Waals surface area (Å²) in [5, 5.41) is 76.0. The molecule has 26 heavy (non-hydrogen) atoms. The first-order valence-corrected chi connectivity index (χ1v) is 10.5. The zero-order valence-corrected chi connectivity index (χ0v) is 15.1. The highest BCUT2D eigenvalue weighted by atomic mass is 32.3. The second-order valence-electron chi connectivity index (χ2n) is 5.94. The van der Waals surface area contributed by atoms with Crippen LogP contribution in [0.3, 0.4) is 0 Å². The van der Waals surface area contributed by atoms with Gasteiger partial charge in [-0.1, -0.05) is 0 Å². The lowest BCUT2D eigenvalue weighted by Gasteiger charge is -2.30. The van der Waals surface area contributed by atoms with Gasteiger partial charge in [-0.2, -0.15) is 8.42 Å². The Bertz CT molecular complexity index is 530. The van der Waals surface area contributed by atoms with Crippen molar-refractivity contribution in [3.05, 3.63) is 0 Å². The Morgan fingerprint density at radius 3 is 2.08 bits per heavy atom. The molecule has 1 fully saturated rings. The van der Waals surface area contributed by atoms with Crippen LogP contribution in [0.1, 0.15) is 0 Å². The molecule has 0 aromatic rings. The fourth-order valence-corrected chi connectivity index (χ4v) is 5.83. The summed E-state index contributed by atoms with van der Waals surface area (Å²) in [6.07, 6.45) is -12.6. The van der Waals surface area contributed by atoms with Crippen molar-refractivity contribution < 1.29 is 58.0 Å². The molecule has 0 radical (unpaired) electrons. The molecule has 156 valence electrons. The summed E-state index contributed by atoms with van der Waals surface area (Å²) in [6, 6.07) is 0. The second-order valence-corrected chi connectivity index (χ2v) is 9.33. The lowest BCUT2D eigenvalue weighted by Crippen LogP contribution is -2.53. The van der Waals surface area contributed by atoms with E-state index in [0.717, 1.165) is 0 Å². The highest BCUT2D eigenvalue weighted by Gasteiger charge is 2.52. The van der Waals surface area contributed by atoms with Gasteiger partial charge in [0.2, 0.25) is 0 Å². The van der Waals surface area contributed by atoms with E-state index in [4.69, 9.17) is 9.66 Å². The third-order valence-electron chi connectivity index (χ3n) is 4.03. The minimum absolute atomic E-state index is 0.0139. The molecule has 1 rings (SSSR count). The van der Waals surface area contributed by atoms with Gasteiger partial charge >= 0.3 is 10.4 Å². The largest absolute Gasteiger partial charge is 0.397 e. The van der Waals surface area contributed by atoms with Gasteiger partial charge in [-0.05, 0) is 0 Å². The molecule has 1 saturated heterocycles. The normalized spacial score (nSPS) is 32.8. The average molecular weight is 425 g/mol. The molecule has 0 spiro atoms. The Kier molecular flexibility index (Phi) is 9.12. The SMILES string of the molecule is O=S(=O)(O)O[C@@H]([C@H](O)[C@H](O)[C@H](O)CO)[C@H](O)C[S@+]1C[C@@H](O)[C@H](O)[C@H]1CO. The van der Waals surface area contributed by atoms with Crippen molar-refractivity contribution in [3.8, 4) is 0 Å². The number of hydrogen-bond acceptors (Lipinski definition) is 11. The Balaban J connectivity index is 2.95. The van der Waals surface area contributed by atoms with Crippen molar-refractivity contribution in [2.75, 3.05) is 24.7 Å². The van der Waals surface area contributed by atoms with Crippen molar-refractivity contribution in [2.24, 2.45) is 0 Å². The fourth-order valence-electron chi connectivity index (χ4n) is 2.62. The van der Waals surface area contributed by atoms with Crippen molar-refractivity contribution in [1.29, 1.82) is 0 Å². The Labute approximate surface area is 152 Å². The van der Waals surface area contributed by atoms with E-state index in [0.29, 0.717) is 0 Å². The number of hydrogen-bond donors (Lipinski definition) is 9. The molecule has 0 aliphatic carbocycles. The van der Waals surface area contributed by atoms with Gasteiger partial charge in [-0.15, -0.1) is 0 Å². The predicted octanol–water partition coefficient (Wildman–Crippen LogP) is -5.68. The van der Waals surface area contributed by atoms with Crippen LogP contribution in [0, 0.1) is 0 Å². The van der Waals surface area contributed by atoms with Gasteiger partial charge in [0.05, 0.1) is 13.2 Å². The monoisotopic (exact) mass is 425 g/mol. The molecule has 0 aromatic carbocycles. The molecule has 0 saturated carbocycles. The van der Waals surface area contributed by atoms with E-state index in [9.17, 15) is 44.2 Å². The summed E-state index contributed by atoms with van der Waals surface area (Å²) in [5.41, 5.74) is 0. The summed E-state index contributed by atoms with van der Waals surface area (Å²) in [7, 11) is -6.18. The third-order valence-corrected chi connectivity index (χ3v) is 7.32. The molecule has 0 bridgehead atoms. The summed E-state index contributed by atoms with van der Waals surface area (Å²) in [5.74, 6) is -0.363. The van der Waals surface area contributed by atoms with Crippen molar-refractivity contribution in [2.45, 2.75) is 48.0 Å². The van der Waals surface area contributed by atoms with E-state index < -0.39 is 82.5 Å². The van der Waals surface area contributed by atoms with Crippen LogP contribution in [-0.4, -0.2) is 127 Å². The zero-order chi connectivity index (χ0) is 20.2. The van der Waals surface area contributed by atoms with Crippen LogP contribution in [-0.2, 0) is 25.5 Å². The quantitative estimate of drug-likeness (QED) is 0.118. The summed E-state index contributed by atoms with van der Waals surface area (Å²) < 4.78 is 35.0. The highest BCUT2D eigenvalue weighted by Crippen LogP contribution is 2.26. The van der Waals surface area contributed by atoms with Crippen LogP contribution < -0.4 is 0 Å². The molecule has 9 N–H and O–H groups in total. The maximum absolute atomic E-state index is 11.0. The molecule has 1 heterocycles. The van der Waals surface area contributed by atoms with E-state index in [1.807, 2.05) is 0 Å². The number of aliphatic hydroxyl groups is 8. The molecule has 9 atom stereocenters. The van der Waals surface area contributed by atoms with Crippen LogP contribution in [0.5, 0.6) is 0 Å². The summed E-state index contributed by atoms with van der Waals surface area (Å²) in [6.45, 7) is -1.51. The maximum atomic E-state index is 11.0. The first-order chi connectivity index (χ1) is 11.9. The van der Waals surface area contributed by atoms with E-state index in [-0.39, 0.29) is 11.5 Å². The van der Waals surface area contributed by atoms with E-state index in [1.54, 1.807) is 0 Å². The molecule has 0 unspecified atom stereocenters. The average Bonchev–Trinajstić information content (AvgIpc) is 2.82. The summed E-state index contributed by atoms with van der Waals surface area (Å²) in [4.78, 5) is 0. The van der Waals surface area contributed by atoms with Crippen molar-refractivity contribution in [3.63, 3.8) is 0 Å². The van der Waals surface area contributed by atoms with Crippen LogP contribution in [0.2, 0.25) is 0 Å². The molecule has 1 aliphatic heterocycles. The fraction of sp³-hybridized carbons (Fsp3) is 1.00. The number of aliphatic hydroxyl groups excluding tert-OH is 8. The first-order valence-electron chi connectivity index (χ1n) is 7.55. The van der Waals surface area contributed by atoms with Crippen LogP contribution in [0.4, 0.5) is 0 Å². The van der Waals surface area contributed by atoms with Crippen LogP contribution in [0.15, 0.2) is 0 Å². The predicted molar refractivity (Wildman–Crippen MR) is 87.5 cm³/mol. The van der Waals surface area contributed by atoms with Crippen LogP contribution in [0.25, 0.3) is 0 Å². The minimum Gasteiger partial charge on any atom is -0.394 e. The molecule has 0 aromatic heterocycles. The van der Waals surface area contributed by atoms with Gasteiger partial charge in [0, 0.05) is 10.9 Å². The molecule has 0 amide bonds. The van der Waals surface area contributed by atoms with Gasteiger partial charge in [0.1, 0.15) is 54.2 Å². The van der Waals surface area contributed by atoms with Crippen molar-refractivity contribution in [1.82, 2.24) is 0 Å². The van der Waals surface area contributed by atoms with Crippen LogP contribution >= 0.6 is 0 Å².